The van der Waals surface area contributed by atoms with Gasteiger partial charge in [0, 0.05) is 36.5 Å². The van der Waals surface area contributed by atoms with Gasteiger partial charge in [0.05, 0.1) is 32.5 Å². The highest BCUT2D eigenvalue weighted by Gasteiger charge is 2.35. The van der Waals surface area contributed by atoms with E-state index in [0.29, 0.717) is 39.6 Å². The molecule has 1 aliphatic rings. The molecule has 0 N–H and O–H groups in total. The molecule has 34 heavy (non-hydrogen) atoms. The SMILES string of the molecule is COc1cc(OC)cc(C(=O)N(CCN2C(=O)c3ccccc3C2=O)c2cccc(OC)c2)c1. The van der Waals surface area contributed by atoms with Crippen molar-refractivity contribution >= 4 is 23.4 Å². The minimum Gasteiger partial charge on any atom is -0.497 e. The van der Waals surface area contributed by atoms with Gasteiger partial charge in [-0.2, -0.15) is 0 Å². The van der Waals surface area contributed by atoms with Crippen LogP contribution in [-0.2, 0) is 0 Å². The number of methoxy groups -OCH3 is 3. The first kappa shape index (κ1) is 22.8. The van der Waals surface area contributed by atoms with Crippen molar-refractivity contribution in [3.05, 3.63) is 83.4 Å². The second-order valence-electron chi connectivity index (χ2n) is 7.57. The molecule has 3 amide bonds. The van der Waals surface area contributed by atoms with Crippen molar-refractivity contribution in [1.29, 1.82) is 0 Å². The molecule has 0 spiro atoms. The zero-order chi connectivity index (χ0) is 24.2. The van der Waals surface area contributed by atoms with E-state index < -0.39 is 0 Å². The predicted octanol–water partition coefficient (Wildman–Crippen LogP) is 3.66. The number of nitrogens with zero attached hydrogens (tertiary/aromatic N) is 2. The lowest BCUT2D eigenvalue weighted by Crippen LogP contribution is -2.41. The fourth-order valence-electron chi connectivity index (χ4n) is 3.86. The number of amides is 3. The lowest BCUT2D eigenvalue weighted by molar-refractivity contribution is 0.0654. The summed E-state index contributed by atoms with van der Waals surface area (Å²) in [5.41, 5.74) is 1.62. The Bertz CT molecular complexity index is 1200. The Morgan fingerprint density at radius 3 is 1.91 bits per heavy atom. The van der Waals surface area contributed by atoms with Gasteiger partial charge in [-0.25, -0.2) is 0 Å². The van der Waals surface area contributed by atoms with Crippen LogP contribution < -0.4 is 19.1 Å². The van der Waals surface area contributed by atoms with Crippen molar-refractivity contribution < 1.29 is 28.6 Å². The number of rotatable bonds is 8. The Morgan fingerprint density at radius 2 is 1.35 bits per heavy atom. The maximum absolute atomic E-state index is 13.7. The van der Waals surface area contributed by atoms with Crippen LogP contribution in [0.25, 0.3) is 0 Å². The van der Waals surface area contributed by atoms with E-state index >= 15 is 0 Å². The molecular weight excluding hydrogens is 436 g/mol. The summed E-state index contributed by atoms with van der Waals surface area (Å²) in [5, 5.41) is 0. The van der Waals surface area contributed by atoms with Crippen molar-refractivity contribution in [3.63, 3.8) is 0 Å². The van der Waals surface area contributed by atoms with Crippen LogP contribution in [0.4, 0.5) is 5.69 Å². The number of anilines is 1. The Hall–Kier alpha value is -4.33. The van der Waals surface area contributed by atoms with Crippen LogP contribution in [0.5, 0.6) is 17.2 Å². The predicted molar refractivity (Wildman–Crippen MR) is 126 cm³/mol. The Labute approximate surface area is 197 Å². The molecule has 0 atom stereocenters. The second kappa shape index (κ2) is 9.66. The van der Waals surface area contributed by atoms with Crippen LogP contribution >= 0.6 is 0 Å². The molecule has 8 heteroatoms. The van der Waals surface area contributed by atoms with Gasteiger partial charge in [0.15, 0.2) is 0 Å². The first-order chi connectivity index (χ1) is 16.5. The molecule has 8 nitrogen and oxygen atoms in total. The third-order valence-electron chi connectivity index (χ3n) is 5.63. The number of hydrogen-bond donors (Lipinski definition) is 0. The van der Waals surface area contributed by atoms with Crippen molar-refractivity contribution in [2.75, 3.05) is 39.3 Å². The van der Waals surface area contributed by atoms with Gasteiger partial charge in [0.2, 0.25) is 0 Å². The smallest absolute Gasteiger partial charge is 0.261 e. The molecule has 4 rings (SSSR count). The van der Waals surface area contributed by atoms with Gasteiger partial charge in [0.1, 0.15) is 17.2 Å². The van der Waals surface area contributed by atoms with Crippen LogP contribution in [0.1, 0.15) is 31.1 Å². The molecule has 0 bridgehead atoms. The molecule has 0 saturated carbocycles. The summed E-state index contributed by atoms with van der Waals surface area (Å²) in [6, 6.07) is 18.6. The molecular formula is C26H24N2O6. The van der Waals surface area contributed by atoms with E-state index in [1.165, 1.54) is 26.2 Å². The number of carbonyl (C=O) groups excluding carboxylic acids is 3. The van der Waals surface area contributed by atoms with E-state index in [2.05, 4.69) is 0 Å². The lowest BCUT2D eigenvalue weighted by atomic mass is 10.1. The average molecular weight is 460 g/mol. The van der Waals surface area contributed by atoms with Crippen molar-refractivity contribution in [2.45, 2.75) is 0 Å². The quantitative estimate of drug-likeness (QED) is 0.477. The van der Waals surface area contributed by atoms with E-state index in [0.717, 1.165) is 4.90 Å². The Balaban J connectivity index is 1.66. The number of fused-ring (bicyclic) bond motifs is 1. The molecule has 0 radical (unpaired) electrons. The number of imide groups is 1. The fourth-order valence-corrected chi connectivity index (χ4v) is 3.86. The number of ether oxygens (including phenoxy) is 3. The van der Waals surface area contributed by atoms with Crippen LogP contribution in [-0.4, -0.2) is 57.0 Å². The van der Waals surface area contributed by atoms with Gasteiger partial charge >= 0.3 is 0 Å². The first-order valence-corrected chi connectivity index (χ1v) is 10.6. The van der Waals surface area contributed by atoms with Crippen LogP contribution in [0.3, 0.4) is 0 Å². The molecule has 1 heterocycles. The summed E-state index contributed by atoms with van der Waals surface area (Å²) >= 11 is 0. The molecule has 3 aromatic carbocycles. The van der Waals surface area contributed by atoms with Gasteiger partial charge in [-0.05, 0) is 36.4 Å². The van der Waals surface area contributed by atoms with Gasteiger partial charge in [-0.15, -0.1) is 0 Å². The van der Waals surface area contributed by atoms with Gasteiger partial charge in [0.25, 0.3) is 17.7 Å². The maximum atomic E-state index is 13.7. The fraction of sp³-hybridized carbons (Fsp3) is 0.192. The molecule has 0 aromatic heterocycles. The highest BCUT2D eigenvalue weighted by Crippen LogP contribution is 2.28. The van der Waals surface area contributed by atoms with Crippen LogP contribution in [0.2, 0.25) is 0 Å². The summed E-state index contributed by atoms with van der Waals surface area (Å²) in [6.45, 7) is 0.105. The first-order valence-electron chi connectivity index (χ1n) is 10.6. The summed E-state index contributed by atoms with van der Waals surface area (Å²) in [6.07, 6.45) is 0. The van der Waals surface area contributed by atoms with Gasteiger partial charge < -0.3 is 19.1 Å². The molecule has 0 fully saturated rings. The van der Waals surface area contributed by atoms with Crippen molar-refractivity contribution in [1.82, 2.24) is 4.90 Å². The van der Waals surface area contributed by atoms with Crippen LogP contribution in [0, 0.1) is 0 Å². The average Bonchev–Trinajstić information content (AvgIpc) is 3.13. The zero-order valence-corrected chi connectivity index (χ0v) is 19.1. The van der Waals surface area contributed by atoms with Gasteiger partial charge in [-0.3, -0.25) is 19.3 Å². The summed E-state index contributed by atoms with van der Waals surface area (Å²) < 4.78 is 15.9. The lowest BCUT2D eigenvalue weighted by Gasteiger charge is -2.26. The zero-order valence-electron chi connectivity index (χ0n) is 19.1. The highest BCUT2D eigenvalue weighted by molar-refractivity contribution is 6.21. The number of benzene rings is 3. The summed E-state index contributed by atoms with van der Waals surface area (Å²) in [4.78, 5) is 41.9. The van der Waals surface area contributed by atoms with Crippen LogP contribution in [0.15, 0.2) is 66.7 Å². The van der Waals surface area contributed by atoms with E-state index in [-0.39, 0.29) is 30.8 Å². The Morgan fingerprint density at radius 1 is 0.765 bits per heavy atom. The molecule has 174 valence electrons. The van der Waals surface area contributed by atoms with E-state index in [9.17, 15) is 14.4 Å². The van der Waals surface area contributed by atoms with E-state index in [4.69, 9.17) is 14.2 Å². The minimum absolute atomic E-state index is 0.0242. The number of hydrogen-bond acceptors (Lipinski definition) is 6. The monoisotopic (exact) mass is 460 g/mol. The summed E-state index contributed by atoms with van der Waals surface area (Å²) in [5.74, 6) is 0.409. The molecule has 0 saturated heterocycles. The third-order valence-corrected chi connectivity index (χ3v) is 5.63. The molecule has 0 unspecified atom stereocenters. The topological polar surface area (TPSA) is 85.4 Å². The number of carbonyl (C=O) groups is 3. The van der Waals surface area contributed by atoms with Gasteiger partial charge in [-0.1, -0.05) is 18.2 Å². The minimum atomic E-state index is -0.373. The van der Waals surface area contributed by atoms with E-state index in [1.54, 1.807) is 66.7 Å². The second-order valence-corrected chi connectivity index (χ2v) is 7.57. The largest absolute Gasteiger partial charge is 0.497 e. The third kappa shape index (κ3) is 4.30. The highest BCUT2D eigenvalue weighted by atomic mass is 16.5. The standard InChI is InChI=1S/C26H24N2O6/c1-32-19-8-6-7-18(15-19)27(24(29)17-13-20(33-2)16-21(14-17)34-3)11-12-28-25(30)22-9-4-5-10-23(22)26(28)31/h4-10,13-16H,11-12H2,1-3H3. The summed E-state index contributed by atoms with van der Waals surface area (Å²) in [7, 11) is 4.55. The van der Waals surface area contributed by atoms with Crippen molar-refractivity contribution in [2.24, 2.45) is 0 Å². The molecule has 3 aromatic rings. The Kier molecular flexibility index (Phi) is 6.49. The molecule has 1 aliphatic heterocycles. The molecule has 0 aliphatic carbocycles. The van der Waals surface area contributed by atoms with E-state index in [1.807, 2.05) is 0 Å². The van der Waals surface area contributed by atoms with Crippen molar-refractivity contribution in [3.8, 4) is 17.2 Å². The normalized spacial score (nSPS) is 12.4. The maximum Gasteiger partial charge on any atom is 0.261 e.